The fourth-order valence-corrected chi connectivity index (χ4v) is 5.63. The first kappa shape index (κ1) is 24.5. The highest BCUT2D eigenvalue weighted by atomic mass is 15.0. The maximum atomic E-state index is 6.87. The molecule has 3 aromatic carbocycles. The number of hydrogen-bond acceptors (Lipinski definition) is 1. The van der Waals surface area contributed by atoms with Crippen LogP contribution in [0.1, 0.15) is 89.7 Å². The van der Waals surface area contributed by atoms with Gasteiger partial charge in [-0.3, -0.25) is 0 Å². The fourth-order valence-electron chi connectivity index (χ4n) is 5.63. The molecular formula is C32H42N2. The van der Waals surface area contributed by atoms with Crippen LogP contribution < -0.4 is 5.73 Å². The van der Waals surface area contributed by atoms with Crippen molar-refractivity contribution < 1.29 is 0 Å². The van der Waals surface area contributed by atoms with Gasteiger partial charge in [-0.1, -0.05) is 95.7 Å². The summed E-state index contributed by atoms with van der Waals surface area (Å²) in [6.45, 7) is 6.73. The first-order valence-electron chi connectivity index (χ1n) is 13.5. The van der Waals surface area contributed by atoms with Crippen LogP contribution in [0.15, 0.2) is 66.7 Å². The van der Waals surface area contributed by atoms with E-state index in [1.165, 1.54) is 77.1 Å². The van der Waals surface area contributed by atoms with E-state index < -0.39 is 0 Å². The normalized spacial score (nSPS) is 12.1. The molecule has 2 nitrogen and oxygen atoms in total. The third kappa shape index (κ3) is 5.08. The predicted molar refractivity (Wildman–Crippen MR) is 149 cm³/mol. The van der Waals surface area contributed by atoms with Crippen molar-refractivity contribution in [3.05, 3.63) is 77.9 Å². The Morgan fingerprint density at radius 3 is 2.06 bits per heavy atom. The van der Waals surface area contributed by atoms with E-state index in [9.17, 15) is 0 Å². The standard InChI is InChI=1S/C32H42N2/c1-4-7-8-9-10-13-25-16-21-31-29(24-25)28-14-11-12-15-30(28)34(31)27-19-17-26(18-20-27)32(33,22-5-2)23-6-3/h11-12,14-21,24H,4-10,13,22-23,33H2,1-3H3. The molecule has 0 fully saturated rings. The highest BCUT2D eigenvalue weighted by Gasteiger charge is 2.25. The summed E-state index contributed by atoms with van der Waals surface area (Å²) in [4.78, 5) is 0. The van der Waals surface area contributed by atoms with Crippen LogP contribution in [0.5, 0.6) is 0 Å². The minimum absolute atomic E-state index is 0.227. The van der Waals surface area contributed by atoms with Crippen molar-refractivity contribution in [3.63, 3.8) is 0 Å². The molecule has 2 N–H and O–H groups in total. The molecule has 0 unspecified atom stereocenters. The molecule has 0 aliphatic heterocycles. The average molecular weight is 455 g/mol. The zero-order valence-corrected chi connectivity index (χ0v) is 21.4. The highest BCUT2D eigenvalue weighted by Crippen LogP contribution is 2.34. The Balaban J connectivity index is 1.69. The van der Waals surface area contributed by atoms with E-state index in [4.69, 9.17) is 5.73 Å². The van der Waals surface area contributed by atoms with Gasteiger partial charge in [-0.15, -0.1) is 0 Å². The van der Waals surface area contributed by atoms with Crippen molar-refractivity contribution in [1.29, 1.82) is 0 Å². The van der Waals surface area contributed by atoms with Crippen molar-refractivity contribution >= 4 is 21.8 Å². The average Bonchev–Trinajstić information content (AvgIpc) is 3.18. The van der Waals surface area contributed by atoms with Crippen LogP contribution in [0.25, 0.3) is 27.5 Å². The van der Waals surface area contributed by atoms with Crippen LogP contribution in [0.4, 0.5) is 0 Å². The minimum Gasteiger partial charge on any atom is -0.321 e. The number of rotatable bonds is 12. The van der Waals surface area contributed by atoms with E-state index in [0.29, 0.717) is 0 Å². The van der Waals surface area contributed by atoms with Gasteiger partial charge >= 0.3 is 0 Å². The van der Waals surface area contributed by atoms with Crippen LogP contribution >= 0.6 is 0 Å². The molecule has 1 aromatic heterocycles. The van der Waals surface area contributed by atoms with Gasteiger partial charge in [0, 0.05) is 22.0 Å². The SMILES string of the molecule is CCCCCCCc1ccc2c(c1)c1ccccc1n2-c1ccc(C(N)(CCC)CCC)cc1. The second kappa shape index (κ2) is 11.2. The lowest BCUT2D eigenvalue weighted by Gasteiger charge is -2.30. The molecule has 0 radical (unpaired) electrons. The number of nitrogens with zero attached hydrogens (tertiary/aromatic N) is 1. The van der Waals surface area contributed by atoms with Crippen molar-refractivity contribution in [1.82, 2.24) is 4.57 Å². The first-order valence-corrected chi connectivity index (χ1v) is 13.5. The molecule has 0 amide bonds. The van der Waals surface area contributed by atoms with E-state index in [1.807, 2.05) is 0 Å². The summed E-state index contributed by atoms with van der Waals surface area (Å²) in [6.07, 6.45) is 12.0. The second-order valence-corrected chi connectivity index (χ2v) is 10.1. The van der Waals surface area contributed by atoms with Crippen LogP contribution in [0.2, 0.25) is 0 Å². The summed E-state index contributed by atoms with van der Waals surface area (Å²) in [7, 11) is 0. The Morgan fingerprint density at radius 2 is 1.35 bits per heavy atom. The van der Waals surface area contributed by atoms with Crippen LogP contribution in [-0.2, 0) is 12.0 Å². The number of benzene rings is 3. The van der Waals surface area contributed by atoms with Crippen molar-refractivity contribution in [2.75, 3.05) is 0 Å². The third-order valence-electron chi connectivity index (χ3n) is 7.40. The zero-order valence-electron chi connectivity index (χ0n) is 21.4. The zero-order chi connectivity index (χ0) is 24.0. The Bertz CT molecular complexity index is 1190. The molecule has 0 bridgehead atoms. The first-order chi connectivity index (χ1) is 16.6. The van der Waals surface area contributed by atoms with Crippen molar-refractivity contribution in [2.24, 2.45) is 5.73 Å². The summed E-state index contributed by atoms with van der Waals surface area (Å²) in [5.74, 6) is 0. The van der Waals surface area contributed by atoms with E-state index in [0.717, 1.165) is 25.7 Å². The monoisotopic (exact) mass is 454 g/mol. The van der Waals surface area contributed by atoms with Gasteiger partial charge < -0.3 is 10.3 Å². The number of unbranched alkanes of at least 4 members (excludes halogenated alkanes) is 4. The summed E-state index contributed by atoms with van der Waals surface area (Å²) >= 11 is 0. The molecule has 180 valence electrons. The van der Waals surface area contributed by atoms with Crippen LogP contribution in [-0.4, -0.2) is 4.57 Å². The summed E-state index contributed by atoms with van der Waals surface area (Å²) in [5.41, 5.74) is 13.1. The predicted octanol–water partition coefficient (Wildman–Crippen LogP) is 9.05. The lowest BCUT2D eigenvalue weighted by atomic mass is 9.83. The van der Waals surface area contributed by atoms with Gasteiger partial charge in [-0.05, 0) is 67.1 Å². The number of hydrogen-bond donors (Lipinski definition) is 1. The van der Waals surface area contributed by atoms with Crippen LogP contribution in [0.3, 0.4) is 0 Å². The quantitative estimate of drug-likeness (QED) is 0.213. The maximum absolute atomic E-state index is 6.87. The molecule has 34 heavy (non-hydrogen) atoms. The molecule has 0 saturated carbocycles. The van der Waals surface area contributed by atoms with Gasteiger partial charge in [0.2, 0.25) is 0 Å². The number of para-hydroxylation sites is 1. The Morgan fingerprint density at radius 1 is 0.676 bits per heavy atom. The molecule has 4 rings (SSSR count). The number of nitrogens with two attached hydrogens (primary N) is 1. The number of aryl methyl sites for hydroxylation is 1. The Labute approximate surface area is 206 Å². The van der Waals surface area contributed by atoms with Gasteiger partial charge in [0.15, 0.2) is 0 Å². The summed E-state index contributed by atoms with van der Waals surface area (Å²) in [5, 5.41) is 2.69. The van der Waals surface area contributed by atoms with Crippen molar-refractivity contribution in [2.45, 2.75) is 90.5 Å². The molecule has 0 aliphatic carbocycles. The summed E-state index contributed by atoms with van der Waals surface area (Å²) in [6, 6.07) is 24.9. The van der Waals surface area contributed by atoms with Gasteiger partial charge in [-0.25, -0.2) is 0 Å². The molecule has 4 aromatic rings. The highest BCUT2D eigenvalue weighted by molar-refractivity contribution is 6.09. The molecule has 1 heterocycles. The molecular weight excluding hydrogens is 412 g/mol. The fraction of sp³-hybridized carbons (Fsp3) is 0.438. The van der Waals surface area contributed by atoms with Gasteiger partial charge in [0.25, 0.3) is 0 Å². The van der Waals surface area contributed by atoms with Crippen molar-refractivity contribution in [3.8, 4) is 5.69 Å². The Hall–Kier alpha value is -2.58. The summed E-state index contributed by atoms with van der Waals surface area (Å²) < 4.78 is 2.41. The van der Waals surface area contributed by atoms with Gasteiger partial charge in [0.1, 0.15) is 0 Å². The van der Waals surface area contributed by atoms with E-state index in [2.05, 4.69) is 92.1 Å². The third-order valence-corrected chi connectivity index (χ3v) is 7.40. The maximum Gasteiger partial charge on any atom is 0.0541 e. The number of aromatic nitrogens is 1. The number of fused-ring (bicyclic) bond motifs is 3. The topological polar surface area (TPSA) is 30.9 Å². The lowest BCUT2D eigenvalue weighted by Crippen LogP contribution is -2.36. The van der Waals surface area contributed by atoms with E-state index in [-0.39, 0.29) is 5.54 Å². The van der Waals surface area contributed by atoms with E-state index >= 15 is 0 Å². The minimum atomic E-state index is -0.227. The smallest absolute Gasteiger partial charge is 0.0541 e. The Kier molecular flexibility index (Phi) is 8.11. The van der Waals surface area contributed by atoms with Gasteiger partial charge in [0.05, 0.1) is 11.0 Å². The largest absolute Gasteiger partial charge is 0.321 e. The molecule has 0 atom stereocenters. The van der Waals surface area contributed by atoms with Gasteiger partial charge in [-0.2, -0.15) is 0 Å². The molecule has 2 heteroatoms. The lowest BCUT2D eigenvalue weighted by molar-refractivity contribution is 0.369. The van der Waals surface area contributed by atoms with E-state index in [1.54, 1.807) is 0 Å². The molecule has 0 spiro atoms. The molecule has 0 saturated heterocycles. The second-order valence-electron chi connectivity index (χ2n) is 10.1. The molecule has 0 aliphatic rings. The van der Waals surface area contributed by atoms with Crippen LogP contribution in [0, 0.1) is 0 Å².